The zero-order valence-electron chi connectivity index (χ0n) is 11.2. The van der Waals surface area contributed by atoms with E-state index in [-0.39, 0.29) is 5.60 Å². The predicted molar refractivity (Wildman–Crippen MR) is 67.5 cm³/mol. The first-order valence-corrected chi connectivity index (χ1v) is 9.69. The lowest BCUT2D eigenvalue weighted by Crippen LogP contribution is -2.42. The van der Waals surface area contributed by atoms with Crippen molar-refractivity contribution in [3.05, 3.63) is 0 Å². The van der Waals surface area contributed by atoms with Crippen LogP contribution in [0.4, 0.5) is 0 Å². The summed E-state index contributed by atoms with van der Waals surface area (Å²) in [4.78, 5) is 0. The first kappa shape index (κ1) is 11.7. The van der Waals surface area contributed by atoms with E-state index in [1.807, 2.05) is 0 Å². The number of hydrogen-bond donors (Lipinski definition) is 0. The zero-order chi connectivity index (χ0) is 11.5. The molecule has 0 aromatic heterocycles. The van der Waals surface area contributed by atoms with Crippen LogP contribution in [0, 0.1) is 10.8 Å². The van der Waals surface area contributed by atoms with E-state index in [0.717, 1.165) is 0 Å². The maximum atomic E-state index is 6.52. The van der Waals surface area contributed by atoms with Gasteiger partial charge in [0.2, 0.25) is 0 Å². The Bertz CT molecular complexity index is 275. The normalized spacial score (nSPS) is 43.6. The lowest BCUT2D eigenvalue weighted by atomic mass is 9.72. The van der Waals surface area contributed by atoms with E-state index in [4.69, 9.17) is 4.43 Å². The summed E-state index contributed by atoms with van der Waals surface area (Å²) in [6, 6.07) is 0. The molecular formula is C13H26OSi. The summed E-state index contributed by atoms with van der Waals surface area (Å²) in [5.41, 5.74) is 1.28. The van der Waals surface area contributed by atoms with Crippen LogP contribution in [0.15, 0.2) is 0 Å². The second kappa shape index (κ2) is 2.89. The molecule has 15 heavy (non-hydrogen) atoms. The molecule has 0 aromatic carbocycles. The van der Waals surface area contributed by atoms with E-state index in [1.54, 1.807) is 0 Å². The molecule has 2 atom stereocenters. The fourth-order valence-electron chi connectivity index (χ4n) is 3.44. The summed E-state index contributed by atoms with van der Waals surface area (Å²) >= 11 is 0. The van der Waals surface area contributed by atoms with Gasteiger partial charge in [-0.15, -0.1) is 0 Å². The minimum Gasteiger partial charge on any atom is -0.412 e. The summed E-state index contributed by atoms with van der Waals surface area (Å²) < 4.78 is 6.52. The minimum atomic E-state index is -1.38. The van der Waals surface area contributed by atoms with Crippen molar-refractivity contribution < 1.29 is 4.43 Å². The molecule has 0 amide bonds. The average molecular weight is 226 g/mol. The summed E-state index contributed by atoms with van der Waals surface area (Å²) in [6.07, 6.45) is 5.33. The molecule has 88 valence electrons. The topological polar surface area (TPSA) is 9.23 Å². The van der Waals surface area contributed by atoms with Crippen LogP contribution in [0.1, 0.15) is 46.5 Å². The van der Waals surface area contributed by atoms with E-state index in [2.05, 4.69) is 40.4 Å². The fourth-order valence-corrected chi connectivity index (χ4v) is 5.00. The molecule has 0 radical (unpaired) electrons. The Morgan fingerprint density at radius 2 is 1.53 bits per heavy atom. The molecule has 1 nitrogen and oxygen atoms in total. The van der Waals surface area contributed by atoms with Crippen LogP contribution in [0.2, 0.25) is 19.6 Å². The first-order chi connectivity index (χ1) is 6.58. The molecule has 0 heterocycles. The van der Waals surface area contributed by atoms with Gasteiger partial charge in [-0.1, -0.05) is 20.8 Å². The quantitative estimate of drug-likeness (QED) is 0.641. The van der Waals surface area contributed by atoms with Gasteiger partial charge >= 0.3 is 0 Å². The van der Waals surface area contributed by atoms with Gasteiger partial charge in [0.05, 0.1) is 5.60 Å². The molecule has 2 aliphatic rings. The summed E-state index contributed by atoms with van der Waals surface area (Å²) in [6.45, 7) is 14.2. The third kappa shape index (κ3) is 2.03. The van der Waals surface area contributed by atoms with Gasteiger partial charge in [-0.05, 0) is 56.2 Å². The Labute approximate surface area is 95.7 Å². The second-order valence-electron chi connectivity index (χ2n) is 7.79. The highest BCUT2D eigenvalue weighted by Gasteiger charge is 2.69. The largest absolute Gasteiger partial charge is 0.412 e. The molecule has 2 heteroatoms. The highest BCUT2D eigenvalue weighted by molar-refractivity contribution is 6.69. The Morgan fingerprint density at radius 1 is 0.933 bits per heavy atom. The van der Waals surface area contributed by atoms with Crippen LogP contribution in [0.25, 0.3) is 0 Å². The highest BCUT2D eigenvalue weighted by Crippen LogP contribution is 2.70. The van der Waals surface area contributed by atoms with Gasteiger partial charge in [-0.3, -0.25) is 0 Å². The van der Waals surface area contributed by atoms with Crippen molar-refractivity contribution in [2.45, 2.75) is 71.7 Å². The van der Waals surface area contributed by atoms with Crippen molar-refractivity contribution in [1.29, 1.82) is 0 Å². The van der Waals surface area contributed by atoms with E-state index in [1.165, 1.54) is 25.7 Å². The van der Waals surface area contributed by atoms with Crippen molar-refractivity contribution >= 4 is 8.32 Å². The van der Waals surface area contributed by atoms with Crippen molar-refractivity contribution in [2.24, 2.45) is 10.8 Å². The van der Waals surface area contributed by atoms with Crippen LogP contribution >= 0.6 is 0 Å². The maximum absolute atomic E-state index is 6.52. The number of hydrogen-bond acceptors (Lipinski definition) is 1. The van der Waals surface area contributed by atoms with Crippen LogP contribution in [0.3, 0.4) is 0 Å². The summed E-state index contributed by atoms with van der Waals surface area (Å²) in [5, 5.41) is 0. The molecule has 0 bridgehead atoms. The Balaban J connectivity index is 2.15. The molecule has 0 saturated heterocycles. The molecule has 0 spiro atoms. The molecular weight excluding hydrogens is 200 g/mol. The van der Waals surface area contributed by atoms with Gasteiger partial charge in [0, 0.05) is 0 Å². The van der Waals surface area contributed by atoms with Crippen molar-refractivity contribution in [3.8, 4) is 0 Å². The Hall–Kier alpha value is 0.177. The van der Waals surface area contributed by atoms with Crippen molar-refractivity contribution in [3.63, 3.8) is 0 Å². The molecule has 0 aromatic rings. The maximum Gasteiger partial charge on any atom is 0.184 e. The van der Waals surface area contributed by atoms with Gasteiger partial charge in [-0.2, -0.15) is 0 Å². The molecule has 2 fully saturated rings. The molecule has 2 rings (SSSR count). The van der Waals surface area contributed by atoms with Crippen molar-refractivity contribution in [2.75, 3.05) is 0 Å². The van der Waals surface area contributed by atoms with Gasteiger partial charge in [0.25, 0.3) is 0 Å². The van der Waals surface area contributed by atoms with E-state index in [0.29, 0.717) is 10.8 Å². The van der Waals surface area contributed by atoms with E-state index < -0.39 is 8.32 Å². The van der Waals surface area contributed by atoms with Crippen LogP contribution in [0.5, 0.6) is 0 Å². The molecule has 2 unspecified atom stereocenters. The first-order valence-electron chi connectivity index (χ1n) is 6.28. The van der Waals surface area contributed by atoms with Gasteiger partial charge in [0.1, 0.15) is 0 Å². The lowest BCUT2D eigenvalue weighted by Gasteiger charge is -2.41. The summed E-state index contributed by atoms with van der Waals surface area (Å²) in [5.74, 6) is 0. The predicted octanol–water partition coefficient (Wildman–Crippen LogP) is 4.20. The van der Waals surface area contributed by atoms with Gasteiger partial charge in [-0.25, -0.2) is 0 Å². The second-order valence-corrected chi connectivity index (χ2v) is 12.2. The van der Waals surface area contributed by atoms with Crippen LogP contribution < -0.4 is 0 Å². The standard InChI is InChI=1S/C13H26OSi/c1-11(2)7-8-12(3)10-13(12,9-11)14-15(4,5)6/h7-10H2,1-6H3. The average Bonchev–Trinajstić information content (AvgIpc) is 2.48. The summed E-state index contributed by atoms with van der Waals surface area (Å²) in [7, 11) is -1.38. The third-order valence-electron chi connectivity index (χ3n) is 4.27. The van der Waals surface area contributed by atoms with Crippen molar-refractivity contribution in [1.82, 2.24) is 0 Å². The van der Waals surface area contributed by atoms with E-state index >= 15 is 0 Å². The highest BCUT2D eigenvalue weighted by atomic mass is 28.4. The molecule has 2 aliphatic carbocycles. The van der Waals surface area contributed by atoms with Crippen LogP contribution in [-0.2, 0) is 4.43 Å². The minimum absolute atomic E-state index is 0.263. The molecule has 0 aliphatic heterocycles. The molecule has 0 N–H and O–H groups in total. The Morgan fingerprint density at radius 3 is 2.07 bits per heavy atom. The SMILES string of the molecule is CC1(C)CCC2(C)CC2(O[Si](C)(C)C)C1. The smallest absolute Gasteiger partial charge is 0.184 e. The zero-order valence-corrected chi connectivity index (χ0v) is 12.2. The third-order valence-corrected chi connectivity index (χ3v) is 5.27. The number of fused-ring (bicyclic) bond motifs is 1. The van der Waals surface area contributed by atoms with Gasteiger partial charge < -0.3 is 4.43 Å². The van der Waals surface area contributed by atoms with E-state index in [9.17, 15) is 0 Å². The monoisotopic (exact) mass is 226 g/mol. The number of rotatable bonds is 2. The Kier molecular flexibility index (Phi) is 2.25. The molecule has 2 saturated carbocycles. The van der Waals surface area contributed by atoms with Crippen LogP contribution in [-0.4, -0.2) is 13.9 Å². The fraction of sp³-hybridized carbons (Fsp3) is 1.00. The lowest BCUT2D eigenvalue weighted by molar-refractivity contribution is 0.0301. The van der Waals surface area contributed by atoms with Gasteiger partial charge in [0.15, 0.2) is 8.32 Å².